The van der Waals surface area contributed by atoms with Crippen molar-refractivity contribution in [3.8, 4) is 0 Å². The second kappa shape index (κ2) is 4.94. The van der Waals surface area contributed by atoms with Gasteiger partial charge >= 0.3 is 0 Å². The van der Waals surface area contributed by atoms with E-state index in [1.165, 1.54) is 6.42 Å². The Labute approximate surface area is 90.6 Å². The first-order chi connectivity index (χ1) is 7.27. The quantitative estimate of drug-likeness (QED) is 0.649. The predicted molar refractivity (Wildman–Crippen MR) is 57.5 cm³/mol. The molecular weight excluding hydrogens is 192 g/mol. The van der Waals surface area contributed by atoms with Crippen LogP contribution in [-0.2, 0) is 4.79 Å². The van der Waals surface area contributed by atoms with Gasteiger partial charge in [-0.1, -0.05) is 12.8 Å². The Balaban J connectivity index is 1.97. The first kappa shape index (κ1) is 10.9. The summed E-state index contributed by atoms with van der Waals surface area (Å²) in [6, 6.07) is 0.211. The molecule has 0 bridgehead atoms. The van der Waals surface area contributed by atoms with E-state index in [-0.39, 0.29) is 18.1 Å². The summed E-state index contributed by atoms with van der Waals surface area (Å²) in [5.74, 6) is 0.102. The van der Waals surface area contributed by atoms with Crippen LogP contribution >= 0.6 is 0 Å². The highest BCUT2D eigenvalue weighted by Gasteiger charge is 2.30. The van der Waals surface area contributed by atoms with E-state index in [9.17, 15) is 9.90 Å². The number of aliphatic hydroxyl groups is 1. The van der Waals surface area contributed by atoms with Crippen LogP contribution in [0.2, 0.25) is 0 Å². The summed E-state index contributed by atoms with van der Waals surface area (Å²) in [6.07, 6.45) is 4.99. The molecule has 2 N–H and O–H groups in total. The molecule has 2 rings (SSSR count). The molecular formula is C11H20N2O2. The molecule has 1 heterocycles. The molecule has 1 amide bonds. The fourth-order valence-electron chi connectivity index (χ4n) is 2.63. The lowest BCUT2D eigenvalue weighted by molar-refractivity contribution is -0.122. The van der Waals surface area contributed by atoms with Crippen molar-refractivity contribution in [3.63, 3.8) is 0 Å². The largest absolute Gasteiger partial charge is 0.391 e. The molecule has 4 heteroatoms. The number of hydrogen-bond donors (Lipinski definition) is 2. The maximum atomic E-state index is 11.4. The normalized spacial score (nSPS) is 34.6. The molecule has 86 valence electrons. The summed E-state index contributed by atoms with van der Waals surface area (Å²) < 4.78 is 0. The van der Waals surface area contributed by atoms with E-state index in [0.29, 0.717) is 6.54 Å². The van der Waals surface area contributed by atoms with Gasteiger partial charge in [-0.3, -0.25) is 9.69 Å². The van der Waals surface area contributed by atoms with Crippen molar-refractivity contribution in [3.05, 3.63) is 0 Å². The van der Waals surface area contributed by atoms with Crippen LogP contribution in [0, 0.1) is 0 Å². The van der Waals surface area contributed by atoms with Crippen molar-refractivity contribution >= 4 is 5.91 Å². The Morgan fingerprint density at radius 3 is 2.87 bits per heavy atom. The molecule has 2 aliphatic rings. The van der Waals surface area contributed by atoms with E-state index in [0.717, 1.165) is 38.8 Å². The summed E-state index contributed by atoms with van der Waals surface area (Å²) in [5, 5.41) is 12.8. The Hall–Kier alpha value is -0.610. The number of amides is 1. The fourth-order valence-corrected chi connectivity index (χ4v) is 2.63. The molecule has 0 radical (unpaired) electrons. The molecule has 0 aromatic rings. The highest BCUT2D eigenvalue weighted by molar-refractivity contribution is 5.78. The first-order valence-electron chi connectivity index (χ1n) is 5.96. The Morgan fingerprint density at radius 2 is 2.07 bits per heavy atom. The Morgan fingerprint density at radius 1 is 1.27 bits per heavy atom. The zero-order valence-corrected chi connectivity index (χ0v) is 9.11. The van der Waals surface area contributed by atoms with Crippen molar-refractivity contribution in [2.45, 2.75) is 44.2 Å². The molecule has 2 unspecified atom stereocenters. The van der Waals surface area contributed by atoms with Crippen LogP contribution in [0.4, 0.5) is 0 Å². The molecule has 1 aliphatic heterocycles. The number of nitrogens with zero attached hydrogens (tertiary/aromatic N) is 1. The second-order valence-corrected chi connectivity index (χ2v) is 4.59. The first-order valence-corrected chi connectivity index (χ1v) is 5.96. The molecule has 2 fully saturated rings. The van der Waals surface area contributed by atoms with E-state index < -0.39 is 0 Å². The van der Waals surface area contributed by atoms with Crippen LogP contribution in [0.15, 0.2) is 0 Å². The number of aliphatic hydroxyl groups excluding tert-OH is 1. The third-order valence-corrected chi connectivity index (χ3v) is 3.45. The summed E-state index contributed by atoms with van der Waals surface area (Å²) >= 11 is 0. The molecule has 0 aromatic heterocycles. The van der Waals surface area contributed by atoms with Gasteiger partial charge < -0.3 is 10.4 Å². The van der Waals surface area contributed by atoms with Gasteiger partial charge in [-0.2, -0.15) is 0 Å². The van der Waals surface area contributed by atoms with E-state index in [1.54, 1.807) is 0 Å². The van der Waals surface area contributed by atoms with Crippen molar-refractivity contribution in [1.82, 2.24) is 10.2 Å². The van der Waals surface area contributed by atoms with Crippen LogP contribution < -0.4 is 5.32 Å². The minimum absolute atomic E-state index is 0.102. The third kappa shape index (κ3) is 2.69. The topological polar surface area (TPSA) is 52.6 Å². The maximum absolute atomic E-state index is 11.4. The third-order valence-electron chi connectivity index (χ3n) is 3.45. The van der Waals surface area contributed by atoms with Gasteiger partial charge in [-0.05, 0) is 19.3 Å². The van der Waals surface area contributed by atoms with Crippen LogP contribution in [-0.4, -0.2) is 47.7 Å². The summed E-state index contributed by atoms with van der Waals surface area (Å²) in [7, 11) is 0. The van der Waals surface area contributed by atoms with Gasteiger partial charge in [-0.25, -0.2) is 0 Å². The van der Waals surface area contributed by atoms with Gasteiger partial charge in [0.25, 0.3) is 0 Å². The summed E-state index contributed by atoms with van der Waals surface area (Å²) in [4.78, 5) is 13.6. The average Bonchev–Trinajstić information content (AvgIpc) is 2.43. The van der Waals surface area contributed by atoms with Gasteiger partial charge in [0.15, 0.2) is 0 Å². The van der Waals surface area contributed by atoms with Crippen LogP contribution in [0.3, 0.4) is 0 Å². The van der Waals surface area contributed by atoms with Gasteiger partial charge in [0, 0.05) is 19.1 Å². The van der Waals surface area contributed by atoms with Gasteiger partial charge in [-0.15, -0.1) is 0 Å². The monoisotopic (exact) mass is 212 g/mol. The van der Waals surface area contributed by atoms with Gasteiger partial charge in [0.1, 0.15) is 0 Å². The standard InChI is InChI=1S/C11H20N2O2/c14-10-5-2-1-4-9(10)13-7-3-6-12-11(15)8-13/h9-10,14H,1-8H2,(H,12,15). The highest BCUT2D eigenvalue weighted by atomic mass is 16.3. The minimum Gasteiger partial charge on any atom is -0.391 e. The van der Waals surface area contributed by atoms with Crippen molar-refractivity contribution in [1.29, 1.82) is 0 Å². The number of carbonyl (C=O) groups is 1. The minimum atomic E-state index is -0.232. The van der Waals surface area contributed by atoms with Crippen LogP contribution in [0.1, 0.15) is 32.1 Å². The van der Waals surface area contributed by atoms with Crippen molar-refractivity contribution in [2.24, 2.45) is 0 Å². The van der Waals surface area contributed by atoms with E-state index in [2.05, 4.69) is 10.2 Å². The predicted octanol–water partition coefficient (Wildman–Crippen LogP) is 0.112. The number of nitrogens with one attached hydrogen (secondary N) is 1. The number of carbonyl (C=O) groups excluding carboxylic acids is 1. The Kier molecular flexibility index (Phi) is 3.59. The van der Waals surface area contributed by atoms with E-state index >= 15 is 0 Å². The lowest BCUT2D eigenvalue weighted by Crippen LogP contribution is -2.47. The van der Waals surface area contributed by atoms with Crippen LogP contribution in [0.25, 0.3) is 0 Å². The average molecular weight is 212 g/mol. The second-order valence-electron chi connectivity index (χ2n) is 4.59. The Bertz CT molecular complexity index is 233. The smallest absolute Gasteiger partial charge is 0.234 e. The SMILES string of the molecule is O=C1CN(C2CCCCC2O)CCCN1. The lowest BCUT2D eigenvalue weighted by atomic mass is 9.91. The fraction of sp³-hybridized carbons (Fsp3) is 0.909. The van der Waals surface area contributed by atoms with Crippen LogP contribution in [0.5, 0.6) is 0 Å². The summed E-state index contributed by atoms with van der Waals surface area (Å²) in [5.41, 5.74) is 0. The van der Waals surface area contributed by atoms with Gasteiger partial charge in [0.05, 0.1) is 12.6 Å². The molecule has 2 atom stereocenters. The number of hydrogen-bond acceptors (Lipinski definition) is 3. The number of rotatable bonds is 1. The molecule has 4 nitrogen and oxygen atoms in total. The van der Waals surface area contributed by atoms with Gasteiger partial charge in [0.2, 0.25) is 5.91 Å². The summed E-state index contributed by atoms with van der Waals surface area (Å²) in [6.45, 7) is 2.17. The maximum Gasteiger partial charge on any atom is 0.234 e. The molecule has 1 saturated heterocycles. The highest BCUT2D eigenvalue weighted by Crippen LogP contribution is 2.23. The molecule has 1 aliphatic carbocycles. The molecule has 1 saturated carbocycles. The van der Waals surface area contributed by atoms with Crippen molar-refractivity contribution < 1.29 is 9.90 Å². The zero-order valence-electron chi connectivity index (χ0n) is 9.11. The lowest BCUT2D eigenvalue weighted by Gasteiger charge is -2.36. The zero-order chi connectivity index (χ0) is 10.7. The molecule has 0 spiro atoms. The van der Waals surface area contributed by atoms with Crippen molar-refractivity contribution in [2.75, 3.05) is 19.6 Å². The molecule has 0 aromatic carbocycles. The van der Waals surface area contributed by atoms with E-state index in [1.807, 2.05) is 0 Å². The van der Waals surface area contributed by atoms with E-state index in [4.69, 9.17) is 0 Å². The molecule has 15 heavy (non-hydrogen) atoms.